The van der Waals surface area contributed by atoms with Crippen LogP contribution >= 0.6 is 22.9 Å². The van der Waals surface area contributed by atoms with Crippen LogP contribution in [0.4, 0.5) is 0 Å². The molecular weight excluding hydrogens is 218 g/mol. The third kappa shape index (κ3) is 3.00. The summed E-state index contributed by atoms with van der Waals surface area (Å²) < 4.78 is 0. The number of rotatable bonds is 4. The molecule has 1 N–H and O–H groups in total. The summed E-state index contributed by atoms with van der Waals surface area (Å²) >= 11 is 7.05. The summed E-state index contributed by atoms with van der Waals surface area (Å²) in [6, 6.07) is 1.93. The molecule has 0 aliphatic heterocycles. The zero-order valence-corrected chi connectivity index (χ0v) is 9.97. The Morgan fingerprint density at radius 2 is 2.29 bits per heavy atom. The third-order valence-electron chi connectivity index (χ3n) is 1.99. The van der Waals surface area contributed by atoms with Crippen molar-refractivity contribution < 1.29 is 4.79 Å². The molecule has 0 saturated carbocycles. The van der Waals surface area contributed by atoms with Crippen LogP contribution in [0.15, 0.2) is 6.07 Å². The van der Waals surface area contributed by atoms with Gasteiger partial charge in [0.2, 0.25) is 0 Å². The Labute approximate surface area is 93.3 Å². The van der Waals surface area contributed by atoms with Crippen LogP contribution in [-0.2, 0) is 0 Å². The van der Waals surface area contributed by atoms with Crippen LogP contribution in [0, 0.1) is 13.8 Å². The summed E-state index contributed by atoms with van der Waals surface area (Å²) in [5.41, 5.74) is 1.18. The van der Waals surface area contributed by atoms with E-state index in [1.165, 1.54) is 21.8 Å². The maximum Gasteiger partial charge on any atom is 0.261 e. The summed E-state index contributed by atoms with van der Waals surface area (Å²) in [4.78, 5) is 13.5. The van der Waals surface area contributed by atoms with E-state index in [0.29, 0.717) is 12.4 Å². The van der Waals surface area contributed by atoms with Crippen LogP contribution in [-0.4, -0.2) is 18.3 Å². The summed E-state index contributed by atoms with van der Waals surface area (Å²) in [5.74, 6) is 0.597. The van der Waals surface area contributed by atoms with Crippen LogP contribution in [0.5, 0.6) is 0 Å². The molecule has 2 nitrogen and oxygen atoms in total. The van der Waals surface area contributed by atoms with E-state index < -0.39 is 0 Å². The number of aryl methyl sites for hydroxylation is 2. The maximum atomic E-state index is 11.5. The molecule has 4 heteroatoms. The van der Waals surface area contributed by atoms with Crippen LogP contribution < -0.4 is 5.32 Å². The minimum atomic E-state index is 0.0105. The molecule has 0 radical (unpaired) electrons. The second-order valence-electron chi connectivity index (χ2n) is 3.15. The van der Waals surface area contributed by atoms with Crippen LogP contribution in [0.1, 0.15) is 26.5 Å². The van der Waals surface area contributed by atoms with Crippen molar-refractivity contribution in [3.63, 3.8) is 0 Å². The second kappa shape index (κ2) is 5.37. The van der Waals surface area contributed by atoms with Gasteiger partial charge < -0.3 is 5.32 Å². The Morgan fingerprint density at radius 3 is 2.79 bits per heavy atom. The molecule has 0 aliphatic carbocycles. The van der Waals surface area contributed by atoms with Gasteiger partial charge in [0.15, 0.2) is 0 Å². The lowest BCUT2D eigenvalue weighted by Gasteiger charge is -2.00. The molecule has 1 aromatic heterocycles. The van der Waals surface area contributed by atoms with Crippen molar-refractivity contribution in [3.05, 3.63) is 21.4 Å². The first-order chi connectivity index (χ1) is 6.65. The number of amides is 1. The largest absolute Gasteiger partial charge is 0.351 e. The normalized spacial score (nSPS) is 10.2. The first kappa shape index (κ1) is 11.5. The highest BCUT2D eigenvalue weighted by molar-refractivity contribution is 7.14. The lowest BCUT2D eigenvalue weighted by atomic mass is 10.3. The Kier molecular flexibility index (Phi) is 4.42. The van der Waals surface area contributed by atoms with Gasteiger partial charge in [-0.1, -0.05) is 0 Å². The molecule has 14 heavy (non-hydrogen) atoms. The highest BCUT2D eigenvalue weighted by Gasteiger charge is 2.08. The number of hydrogen-bond acceptors (Lipinski definition) is 2. The Bertz CT molecular complexity index is 302. The molecular formula is C10H14ClNOS. The Hall–Kier alpha value is -0.540. The second-order valence-corrected chi connectivity index (χ2v) is 4.78. The predicted molar refractivity (Wildman–Crippen MR) is 61.5 cm³/mol. The Morgan fingerprint density at radius 1 is 1.57 bits per heavy atom. The predicted octanol–water partition coefficient (Wildman–Crippen LogP) is 2.72. The number of halogens is 1. The van der Waals surface area contributed by atoms with Gasteiger partial charge >= 0.3 is 0 Å². The van der Waals surface area contributed by atoms with Gasteiger partial charge in [-0.25, -0.2) is 0 Å². The van der Waals surface area contributed by atoms with Crippen LogP contribution in [0.3, 0.4) is 0 Å². The van der Waals surface area contributed by atoms with Gasteiger partial charge in [0.05, 0.1) is 4.88 Å². The van der Waals surface area contributed by atoms with Gasteiger partial charge in [0, 0.05) is 17.3 Å². The lowest BCUT2D eigenvalue weighted by molar-refractivity contribution is 0.0958. The fourth-order valence-corrected chi connectivity index (χ4v) is 2.12. The average Bonchev–Trinajstić information content (AvgIpc) is 2.47. The van der Waals surface area contributed by atoms with E-state index in [1.807, 2.05) is 19.9 Å². The van der Waals surface area contributed by atoms with E-state index in [1.54, 1.807) is 0 Å². The number of nitrogens with one attached hydrogen (secondary N) is 1. The molecule has 0 fully saturated rings. The van der Waals surface area contributed by atoms with Gasteiger partial charge in [-0.3, -0.25) is 4.79 Å². The molecule has 0 aromatic carbocycles. The molecule has 0 bridgehead atoms. The Balaban J connectivity index is 2.52. The zero-order valence-electron chi connectivity index (χ0n) is 8.39. The van der Waals surface area contributed by atoms with Crippen molar-refractivity contribution >= 4 is 28.8 Å². The fraction of sp³-hybridized carbons (Fsp3) is 0.500. The van der Waals surface area contributed by atoms with Gasteiger partial charge in [0.25, 0.3) is 5.91 Å². The van der Waals surface area contributed by atoms with Crippen molar-refractivity contribution in [1.82, 2.24) is 5.32 Å². The zero-order chi connectivity index (χ0) is 10.6. The van der Waals surface area contributed by atoms with Crippen molar-refractivity contribution in [1.29, 1.82) is 0 Å². The quantitative estimate of drug-likeness (QED) is 0.627. The number of carbonyl (C=O) groups excluding carboxylic acids is 1. The highest BCUT2D eigenvalue weighted by Crippen LogP contribution is 2.20. The lowest BCUT2D eigenvalue weighted by Crippen LogP contribution is -2.23. The minimum absolute atomic E-state index is 0.0105. The van der Waals surface area contributed by atoms with Crippen molar-refractivity contribution in [2.75, 3.05) is 12.4 Å². The molecule has 0 unspecified atom stereocenters. The fourth-order valence-electron chi connectivity index (χ4n) is 1.04. The van der Waals surface area contributed by atoms with E-state index in [0.717, 1.165) is 11.3 Å². The van der Waals surface area contributed by atoms with Crippen molar-refractivity contribution in [2.45, 2.75) is 20.3 Å². The smallest absolute Gasteiger partial charge is 0.261 e. The maximum absolute atomic E-state index is 11.5. The monoisotopic (exact) mass is 231 g/mol. The van der Waals surface area contributed by atoms with E-state index in [2.05, 4.69) is 5.32 Å². The molecule has 1 aromatic rings. The molecule has 0 aliphatic rings. The average molecular weight is 232 g/mol. The SMILES string of the molecule is Cc1cc(C(=O)NCCCCl)sc1C. The topological polar surface area (TPSA) is 29.1 Å². The van der Waals surface area contributed by atoms with Gasteiger partial charge in [-0.15, -0.1) is 22.9 Å². The molecule has 1 heterocycles. The number of alkyl halides is 1. The molecule has 78 valence electrons. The molecule has 1 rings (SSSR count). The van der Waals surface area contributed by atoms with Gasteiger partial charge in [-0.2, -0.15) is 0 Å². The van der Waals surface area contributed by atoms with E-state index in [4.69, 9.17) is 11.6 Å². The molecule has 0 spiro atoms. The first-order valence-corrected chi connectivity index (χ1v) is 5.91. The highest BCUT2D eigenvalue weighted by atomic mass is 35.5. The van der Waals surface area contributed by atoms with E-state index in [9.17, 15) is 4.79 Å². The number of carbonyl (C=O) groups is 1. The van der Waals surface area contributed by atoms with Gasteiger partial charge in [0.1, 0.15) is 0 Å². The van der Waals surface area contributed by atoms with Crippen LogP contribution in [0.2, 0.25) is 0 Å². The molecule has 0 atom stereocenters. The summed E-state index contributed by atoms with van der Waals surface area (Å²) in [6.45, 7) is 4.69. The van der Waals surface area contributed by atoms with Crippen molar-refractivity contribution in [3.8, 4) is 0 Å². The number of thiophene rings is 1. The molecule has 0 saturated heterocycles. The van der Waals surface area contributed by atoms with Crippen molar-refractivity contribution in [2.24, 2.45) is 0 Å². The van der Waals surface area contributed by atoms with E-state index in [-0.39, 0.29) is 5.91 Å². The van der Waals surface area contributed by atoms with E-state index >= 15 is 0 Å². The van der Waals surface area contributed by atoms with Gasteiger partial charge in [-0.05, 0) is 31.9 Å². The summed E-state index contributed by atoms with van der Waals surface area (Å²) in [6.07, 6.45) is 0.816. The first-order valence-electron chi connectivity index (χ1n) is 4.56. The minimum Gasteiger partial charge on any atom is -0.351 e. The third-order valence-corrected chi connectivity index (χ3v) is 3.40. The number of hydrogen-bond donors (Lipinski definition) is 1. The van der Waals surface area contributed by atoms with Crippen LogP contribution in [0.25, 0.3) is 0 Å². The summed E-state index contributed by atoms with van der Waals surface area (Å²) in [7, 11) is 0. The standard InChI is InChI=1S/C10H14ClNOS/c1-7-6-9(14-8(7)2)10(13)12-5-3-4-11/h6H,3-5H2,1-2H3,(H,12,13). The molecule has 1 amide bonds. The summed E-state index contributed by atoms with van der Waals surface area (Å²) in [5, 5.41) is 2.83.